The lowest BCUT2D eigenvalue weighted by molar-refractivity contribution is -0.129. The molecule has 1 amide bonds. The molecule has 1 saturated heterocycles. The summed E-state index contributed by atoms with van der Waals surface area (Å²) < 4.78 is 10.9. The number of carbonyl (C=O) groups excluding carboxylic acids is 1. The van der Waals surface area contributed by atoms with Crippen molar-refractivity contribution in [2.45, 2.75) is 6.42 Å². The summed E-state index contributed by atoms with van der Waals surface area (Å²) in [5.41, 5.74) is 0.655. The van der Waals surface area contributed by atoms with E-state index in [4.69, 9.17) is 21.1 Å². The molecule has 136 valence electrons. The van der Waals surface area contributed by atoms with Gasteiger partial charge in [-0.1, -0.05) is 47.6 Å². The van der Waals surface area contributed by atoms with Crippen LogP contribution in [-0.4, -0.2) is 42.0 Å². The lowest BCUT2D eigenvalue weighted by Gasteiger charge is -2.27. The van der Waals surface area contributed by atoms with Gasteiger partial charge in [-0.25, -0.2) is 4.99 Å². The van der Waals surface area contributed by atoms with Crippen molar-refractivity contribution >= 4 is 40.1 Å². The molecule has 26 heavy (non-hydrogen) atoms. The number of rotatable bonds is 5. The number of thioether (sulfide) groups is 1. The van der Waals surface area contributed by atoms with E-state index in [1.54, 1.807) is 42.0 Å². The second-order valence-corrected chi connectivity index (χ2v) is 7.00. The predicted octanol–water partition coefficient (Wildman–Crippen LogP) is 4.38. The largest absolute Gasteiger partial charge is 0.493 e. The van der Waals surface area contributed by atoms with Crippen LogP contribution in [0, 0.1) is 0 Å². The van der Waals surface area contributed by atoms with Gasteiger partial charge in [-0.2, -0.15) is 0 Å². The van der Waals surface area contributed by atoms with Crippen LogP contribution < -0.4 is 9.47 Å². The first-order chi connectivity index (χ1) is 12.7. The zero-order valence-electron chi connectivity index (χ0n) is 14.4. The first-order valence-corrected chi connectivity index (χ1v) is 9.57. The Bertz CT molecular complexity index is 813. The van der Waals surface area contributed by atoms with Gasteiger partial charge >= 0.3 is 0 Å². The van der Waals surface area contributed by atoms with E-state index >= 15 is 0 Å². The molecule has 0 saturated carbocycles. The third-order valence-electron chi connectivity index (χ3n) is 3.78. The monoisotopic (exact) mass is 390 g/mol. The van der Waals surface area contributed by atoms with Gasteiger partial charge in [-0.15, -0.1) is 0 Å². The zero-order chi connectivity index (χ0) is 18.4. The van der Waals surface area contributed by atoms with Crippen molar-refractivity contribution in [3.63, 3.8) is 0 Å². The fraction of sp³-hybridized carbons (Fsp3) is 0.263. The summed E-state index contributed by atoms with van der Waals surface area (Å²) in [4.78, 5) is 18.9. The Labute approximate surface area is 162 Å². The van der Waals surface area contributed by atoms with Gasteiger partial charge in [0, 0.05) is 12.3 Å². The van der Waals surface area contributed by atoms with Crippen molar-refractivity contribution < 1.29 is 14.3 Å². The molecular formula is C19H19ClN2O3S. The van der Waals surface area contributed by atoms with Crippen LogP contribution in [0.2, 0.25) is 5.02 Å². The number of aliphatic imine (C=N–C) groups is 1. The summed E-state index contributed by atoms with van der Waals surface area (Å²) in [5.74, 6) is 1.91. The minimum atomic E-state index is -0.145. The van der Waals surface area contributed by atoms with E-state index in [1.807, 2.05) is 30.3 Å². The Balaban J connectivity index is 1.73. The molecule has 0 radical (unpaired) electrons. The summed E-state index contributed by atoms with van der Waals surface area (Å²) in [6.45, 7) is 0.535. The molecule has 3 rings (SSSR count). The molecule has 7 heteroatoms. The quantitative estimate of drug-likeness (QED) is 0.760. The summed E-state index contributed by atoms with van der Waals surface area (Å²) >= 11 is 7.74. The highest BCUT2D eigenvalue weighted by atomic mass is 35.5. The topological polar surface area (TPSA) is 51.1 Å². The van der Waals surface area contributed by atoms with E-state index in [-0.39, 0.29) is 12.5 Å². The average molecular weight is 391 g/mol. The first kappa shape index (κ1) is 18.6. The molecule has 0 aromatic heterocycles. The number of para-hydroxylation sites is 3. The molecule has 0 N–H and O–H groups in total. The predicted molar refractivity (Wildman–Crippen MR) is 106 cm³/mol. The van der Waals surface area contributed by atoms with E-state index in [2.05, 4.69) is 4.99 Å². The molecule has 0 unspecified atom stereocenters. The van der Waals surface area contributed by atoms with E-state index in [9.17, 15) is 4.79 Å². The number of halogens is 1. The number of methoxy groups -OCH3 is 1. The minimum Gasteiger partial charge on any atom is -0.493 e. The van der Waals surface area contributed by atoms with Gasteiger partial charge in [-0.3, -0.25) is 9.69 Å². The van der Waals surface area contributed by atoms with Crippen LogP contribution in [0.15, 0.2) is 53.5 Å². The van der Waals surface area contributed by atoms with Crippen molar-refractivity contribution in [3.8, 4) is 11.5 Å². The Morgan fingerprint density at radius 2 is 1.92 bits per heavy atom. The lowest BCUT2D eigenvalue weighted by atomic mass is 10.3. The number of nitrogens with zero attached hydrogens (tertiary/aromatic N) is 2. The Kier molecular flexibility index (Phi) is 6.41. The van der Waals surface area contributed by atoms with Gasteiger partial charge in [-0.05, 0) is 30.7 Å². The van der Waals surface area contributed by atoms with Crippen LogP contribution in [0.3, 0.4) is 0 Å². The Morgan fingerprint density at radius 3 is 2.69 bits per heavy atom. The maximum atomic E-state index is 12.7. The third kappa shape index (κ3) is 4.51. The number of hydrogen-bond acceptors (Lipinski definition) is 5. The average Bonchev–Trinajstić information content (AvgIpc) is 2.68. The van der Waals surface area contributed by atoms with Gasteiger partial charge in [0.2, 0.25) is 0 Å². The summed E-state index contributed by atoms with van der Waals surface area (Å²) in [7, 11) is 1.57. The fourth-order valence-electron chi connectivity index (χ4n) is 2.48. The van der Waals surface area contributed by atoms with Crippen molar-refractivity contribution in [1.82, 2.24) is 4.90 Å². The normalized spacial score (nSPS) is 15.8. The smallest absolute Gasteiger partial charge is 0.266 e. The number of amides is 1. The molecule has 0 atom stereocenters. The molecule has 1 aliphatic rings. The van der Waals surface area contributed by atoms with Crippen LogP contribution in [-0.2, 0) is 4.79 Å². The molecular weight excluding hydrogens is 372 g/mol. The maximum absolute atomic E-state index is 12.7. The van der Waals surface area contributed by atoms with Crippen molar-refractivity contribution in [2.24, 2.45) is 4.99 Å². The van der Waals surface area contributed by atoms with E-state index in [0.717, 1.165) is 12.2 Å². The fourth-order valence-corrected chi connectivity index (χ4v) is 3.63. The molecule has 1 fully saturated rings. The van der Waals surface area contributed by atoms with E-state index in [0.29, 0.717) is 33.9 Å². The molecule has 2 aromatic rings. The van der Waals surface area contributed by atoms with Crippen LogP contribution in [0.4, 0.5) is 5.69 Å². The Hall–Kier alpha value is -2.18. The van der Waals surface area contributed by atoms with Crippen LogP contribution in [0.25, 0.3) is 0 Å². The number of benzene rings is 2. The maximum Gasteiger partial charge on any atom is 0.266 e. The highest BCUT2D eigenvalue weighted by Gasteiger charge is 2.24. The SMILES string of the molecule is COc1ccccc1OCC(=O)N1CCCSC1=Nc1ccccc1Cl. The zero-order valence-corrected chi connectivity index (χ0v) is 15.9. The molecule has 1 aliphatic heterocycles. The van der Waals surface area contributed by atoms with Gasteiger partial charge in [0.1, 0.15) is 0 Å². The minimum absolute atomic E-state index is 0.0809. The summed E-state index contributed by atoms with van der Waals surface area (Å²) in [5, 5.41) is 1.21. The van der Waals surface area contributed by atoms with E-state index < -0.39 is 0 Å². The highest BCUT2D eigenvalue weighted by molar-refractivity contribution is 8.13. The second kappa shape index (κ2) is 8.96. The lowest BCUT2D eigenvalue weighted by Crippen LogP contribution is -2.41. The standard InChI is InChI=1S/C19H19ClN2O3S/c1-24-16-9-4-5-10-17(16)25-13-18(23)22-11-6-12-26-19(22)21-15-8-3-2-7-14(15)20/h2-5,7-10H,6,11-13H2,1H3. The molecule has 0 spiro atoms. The highest BCUT2D eigenvalue weighted by Crippen LogP contribution is 2.29. The van der Waals surface area contributed by atoms with Gasteiger partial charge in [0.05, 0.1) is 17.8 Å². The van der Waals surface area contributed by atoms with Crippen LogP contribution in [0.1, 0.15) is 6.42 Å². The summed E-state index contributed by atoms with van der Waals surface area (Å²) in [6.07, 6.45) is 0.909. The number of carbonyl (C=O) groups is 1. The van der Waals surface area contributed by atoms with Crippen molar-refractivity contribution in [2.75, 3.05) is 26.0 Å². The number of hydrogen-bond donors (Lipinski definition) is 0. The number of ether oxygens (including phenoxy) is 2. The Morgan fingerprint density at radius 1 is 1.19 bits per heavy atom. The van der Waals surface area contributed by atoms with Crippen molar-refractivity contribution in [1.29, 1.82) is 0 Å². The van der Waals surface area contributed by atoms with E-state index in [1.165, 1.54) is 0 Å². The van der Waals surface area contributed by atoms with Gasteiger partial charge in [0.15, 0.2) is 23.3 Å². The first-order valence-electron chi connectivity index (χ1n) is 8.21. The molecule has 1 heterocycles. The van der Waals surface area contributed by atoms with Crippen LogP contribution in [0.5, 0.6) is 11.5 Å². The van der Waals surface area contributed by atoms with Gasteiger partial charge < -0.3 is 9.47 Å². The summed E-state index contributed by atoms with van der Waals surface area (Å²) in [6, 6.07) is 14.6. The molecule has 5 nitrogen and oxygen atoms in total. The number of amidine groups is 1. The second-order valence-electron chi connectivity index (χ2n) is 5.53. The molecule has 0 bridgehead atoms. The molecule has 2 aromatic carbocycles. The van der Waals surface area contributed by atoms with Crippen LogP contribution >= 0.6 is 23.4 Å². The van der Waals surface area contributed by atoms with Gasteiger partial charge in [0.25, 0.3) is 5.91 Å². The van der Waals surface area contributed by atoms with Crippen molar-refractivity contribution in [3.05, 3.63) is 53.6 Å². The molecule has 0 aliphatic carbocycles. The third-order valence-corrected chi connectivity index (χ3v) is 5.16.